The smallest absolute Gasteiger partial charge is 0.348 e. The molecule has 26 heavy (non-hydrogen) atoms. The lowest BCUT2D eigenvalue weighted by Gasteiger charge is -1.98. The molecule has 0 aliphatic heterocycles. The zero-order chi connectivity index (χ0) is 18.3. The van der Waals surface area contributed by atoms with Crippen LogP contribution in [-0.4, -0.2) is 25.9 Å². The van der Waals surface area contributed by atoms with Gasteiger partial charge in [-0.1, -0.05) is 35.0 Å². The monoisotopic (exact) mass is 368 g/mol. The molecule has 3 aromatic heterocycles. The molecule has 0 radical (unpaired) electrons. The molecule has 0 saturated carbocycles. The normalized spacial score (nSPS) is 11.2. The molecule has 132 valence electrons. The fourth-order valence-corrected chi connectivity index (χ4v) is 3.65. The van der Waals surface area contributed by atoms with E-state index in [1.807, 2.05) is 45.2 Å². The number of hydrogen-bond acceptors (Lipinski definition) is 7. The third-order valence-electron chi connectivity index (χ3n) is 4.00. The van der Waals surface area contributed by atoms with Gasteiger partial charge in [0.15, 0.2) is 6.61 Å². The summed E-state index contributed by atoms with van der Waals surface area (Å²) in [5, 5.41) is 9.21. The molecule has 7 nitrogen and oxygen atoms in total. The summed E-state index contributed by atoms with van der Waals surface area (Å²) in [5.41, 5.74) is 2.89. The van der Waals surface area contributed by atoms with Crippen LogP contribution in [-0.2, 0) is 18.4 Å². The number of benzene rings is 1. The Bertz CT molecular complexity index is 1060. The zero-order valence-electron chi connectivity index (χ0n) is 14.5. The third kappa shape index (κ3) is 2.99. The average Bonchev–Trinajstić information content (AvgIpc) is 3.32. The molecule has 0 bridgehead atoms. The zero-order valence-corrected chi connectivity index (χ0v) is 15.3. The average molecular weight is 368 g/mol. The summed E-state index contributed by atoms with van der Waals surface area (Å²) in [4.78, 5) is 18.0. The predicted octanol–water partition coefficient (Wildman–Crippen LogP) is 3.66. The van der Waals surface area contributed by atoms with Gasteiger partial charge < -0.3 is 9.26 Å². The Morgan fingerprint density at radius 1 is 1.27 bits per heavy atom. The minimum atomic E-state index is -0.416. The standard InChI is InChI=1S/C18H16N4O3S/c1-10-4-6-12(7-5-10)16-19-15(25-21-16)9-24-18(23)14-8-13-11(2)20-22(3)17(13)26-14/h4-8H,9H2,1-3H3. The van der Waals surface area contributed by atoms with Crippen LogP contribution in [0, 0.1) is 13.8 Å². The second-order valence-corrected chi connectivity index (χ2v) is 7.02. The van der Waals surface area contributed by atoms with Crippen LogP contribution in [0.25, 0.3) is 21.6 Å². The van der Waals surface area contributed by atoms with Gasteiger partial charge in [-0.15, -0.1) is 11.3 Å². The highest BCUT2D eigenvalue weighted by atomic mass is 32.1. The molecule has 0 fully saturated rings. The molecule has 0 unspecified atom stereocenters. The first kappa shape index (κ1) is 16.5. The van der Waals surface area contributed by atoms with Gasteiger partial charge in [0.1, 0.15) is 9.71 Å². The molecule has 0 aliphatic carbocycles. The molecular formula is C18H16N4O3S. The van der Waals surface area contributed by atoms with Crippen LogP contribution >= 0.6 is 11.3 Å². The summed E-state index contributed by atoms with van der Waals surface area (Å²) in [5.74, 6) is 0.313. The van der Waals surface area contributed by atoms with Crippen molar-refractivity contribution in [2.75, 3.05) is 0 Å². The van der Waals surface area contributed by atoms with Crippen molar-refractivity contribution in [3.05, 3.63) is 52.4 Å². The molecule has 0 N–H and O–H groups in total. The van der Waals surface area contributed by atoms with Gasteiger partial charge in [-0.25, -0.2) is 4.79 Å². The molecule has 0 atom stereocenters. The number of ether oxygens (including phenoxy) is 1. The van der Waals surface area contributed by atoms with E-state index < -0.39 is 5.97 Å². The van der Waals surface area contributed by atoms with Crippen LogP contribution in [0.1, 0.15) is 26.8 Å². The molecule has 0 amide bonds. The topological polar surface area (TPSA) is 83.0 Å². The maximum Gasteiger partial charge on any atom is 0.348 e. The minimum absolute atomic E-state index is 0.0663. The van der Waals surface area contributed by atoms with Crippen LogP contribution in [0.5, 0.6) is 0 Å². The van der Waals surface area contributed by atoms with Crippen molar-refractivity contribution in [3.63, 3.8) is 0 Å². The van der Waals surface area contributed by atoms with Crippen LogP contribution in [0.3, 0.4) is 0 Å². The number of carbonyl (C=O) groups is 1. The Hall–Kier alpha value is -3.00. The highest BCUT2D eigenvalue weighted by molar-refractivity contribution is 7.20. The van der Waals surface area contributed by atoms with Gasteiger partial charge in [-0.05, 0) is 19.9 Å². The van der Waals surface area contributed by atoms with Gasteiger partial charge >= 0.3 is 5.97 Å². The summed E-state index contributed by atoms with van der Waals surface area (Å²) < 4.78 is 12.2. The van der Waals surface area contributed by atoms with Crippen molar-refractivity contribution >= 4 is 27.5 Å². The number of aromatic nitrogens is 4. The molecule has 0 spiro atoms. The van der Waals surface area contributed by atoms with E-state index in [1.54, 1.807) is 10.7 Å². The van der Waals surface area contributed by atoms with Crippen molar-refractivity contribution in [2.45, 2.75) is 20.5 Å². The Balaban J connectivity index is 1.45. The van der Waals surface area contributed by atoms with Crippen LogP contribution < -0.4 is 0 Å². The summed E-state index contributed by atoms with van der Waals surface area (Å²) in [7, 11) is 1.85. The maximum atomic E-state index is 12.3. The van der Waals surface area contributed by atoms with Gasteiger partial charge in [0.05, 0.1) is 5.69 Å². The van der Waals surface area contributed by atoms with E-state index in [4.69, 9.17) is 9.26 Å². The van der Waals surface area contributed by atoms with Gasteiger partial charge in [-0.3, -0.25) is 4.68 Å². The first-order chi connectivity index (χ1) is 12.5. The molecular weight excluding hydrogens is 352 g/mol. The fourth-order valence-electron chi connectivity index (χ4n) is 2.64. The van der Waals surface area contributed by atoms with Crippen molar-refractivity contribution in [1.29, 1.82) is 0 Å². The first-order valence-electron chi connectivity index (χ1n) is 8.01. The maximum absolute atomic E-state index is 12.3. The number of fused-ring (bicyclic) bond motifs is 1. The van der Waals surface area contributed by atoms with Crippen molar-refractivity contribution in [2.24, 2.45) is 7.05 Å². The molecule has 0 aliphatic rings. The van der Waals surface area contributed by atoms with E-state index >= 15 is 0 Å². The van der Waals surface area contributed by atoms with E-state index in [-0.39, 0.29) is 12.5 Å². The number of esters is 1. The summed E-state index contributed by atoms with van der Waals surface area (Å²) >= 11 is 1.35. The highest BCUT2D eigenvalue weighted by Gasteiger charge is 2.17. The Kier molecular flexibility index (Phi) is 4.04. The van der Waals surface area contributed by atoms with Gasteiger partial charge in [-0.2, -0.15) is 10.1 Å². The predicted molar refractivity (Wildman–Crippen MR) is 96.9 cm³/mol. The Morgan fingerprint density at radius 2 is 2.04 bits per heavy atom. The lowest BCUT2D eigenvalue weighted by atomic mass is 10.1. The Morgan fingerprint density at radius 3 is 2.77 bits per heavy atom. The largest absolute Gasteiger partial charge is 0.451 e. The van der Waals surface area contributed by atoms with Crippen LogP contribution in [0.15, 0.2) is 34.9 Å². The number of aryl methyl sites for hydroxylation is 3. The van der Waals surface area contributed by atoms with E-state index in [2.05, 4.69) is 15.2 Å². The van der Waals surface area contributed by atoms with Crippen molar-refractivity contribution < 1.29 is 14.1 Å². The van der Waals surface area contributed by atoms with E-state index in [9.17, 15) is 4.79 Å². The van der Waals surface area contributed by atoms with E-state index in [0.717, 1.165) is 27.0 Å². The van der Waals surface area contributed by atoms with Gasteiger partial charge in [0.2, 0.25) is 5.82 Å². The molecule has 4 aromatic rings. The fraction of sp³-hybridized carbons (Fsp3) is 0.222. The second kappa shape index (κ2) is 6.38. The first-order valence-corrected chi connectivity index (χ1v) is 8.83. The van der Waals surface area contributed by atoms with Crippen molar-refractivity contribution in [1.82, 2.24) is 19.9 Å². The SMILES string of the molecule is Cc1ccc(-c2noc(COC(=O)c3cc4c(C)nn(C)c4s3)n2)cc1. The Labute approximate surface area is 153 Å². The lowest BCUT2D eigenvalue weighted by Crippen LogP contribution is -2.03. The number of rotatable bonds is 4. The molecule has 4 rings (SSSR count). The van der Waals surface area contributed by atoms with Gasteiger partial charge in [0.25, 0.3) is 5.89 Å². The highest BCUT2D eigenvalue weighted by Crippen LogP contribution is 2.28. The number of carbonyl (C=O) groups excluding carboxylic acids is 1. The quantitative estimate of drug-likeness (QED) is 0.511. The van der Waals surface area contributed by atoms with Gasteiger partial charge in [0, 0.05) is 18.0 Å². The lowest BCUT2D eigenvalue weighted by molar-refractivity contribution is 0.0435. The van der Waals surface area contributed by atoms with Crippen LogP contribution in [0.2, 0.25) is 0 Å². The number of hydrogen-bond donors (Lipinski definition) is 0. The van der Waals surface area contributed by atoms with Crippen molar-refractivity contribution in [3.8, 4) is 11.4 Å². The number of thiophene rings is 1. The minimum Gasteiger partial charge on any atom is -0.451 e. The summed E-state index contributed by atoms with van der Waals surface area (Å²) in [6, 6.07) is 9.59. The molecule has 3 heterocycles. The van der Waals surface area contributed by atoms with Crippen LogP contribution in [0.4, 0.5) is 0 Å². The van der Waals surface area contributed by atoms with E-state index in [0.29, 0.717) is 10.7 Å². The molecule has 8 heteroatoms. The summed E-state index contributed by atoms with van der Waals surface area (Å²) in [6.07, 6.45) is 0. The second-order valence-electron chi connectivity index (χ2n) is 5.99. The van der Waals surface area contributed by atoms with E-state index in [1.165, 1.54) is 11.3 Å². The third-order valence-corrected chi connectivity index (χ3v) is 5.18. The molecule has 0 saturated heterocycles. The number of nitrogens with zero attached hydrogens (tertiary/aromatic N) is 4. The molecule has 1 aromatic carbocycles. The summed E-state index contributed by atoms with van der Waals surface area (Å²) in [6.45, 7) is 3.86.